The molecule has 1 aliphatic carbocycles. The lowest BCUT2D eigenvalue weighted by atomic mass is 9.90. The minimum Gasteiger partial charge on any atom is -0.491 e. The van der Waals surface area contributed by atoms with Crippen LogP contribution in [0.4, 0.5) is 0 Å². The molecule has 2 aromatic carbocycles. The van der Waals surface area contributed by atoms with Crippen molar-refractivity contribution in [2.24, 2.45) is 11.3 Å². The van der Waals surface area contributed by atoms with E-state index in [-0.39, 0.29) is 23.8 Å². The molecule has 5 nitrogen and oxygen atoms in total. The monoisotopic (exact) mass is 422 g/mol. The number of hydrogen-bond donors (Lipinski definition) is 2. The molecule has 1 saturated carbocycles. The van der Waals surface area contributed by atoms with Crippen LogP contribution in [0.2, 0.25) is 0 Å². The van der Waals surface area contributed by atoms with Crippen LogP contribution in [0.1, 0.15) is 36.8 Å². The highest BCUT2D eigenvalue weighted by atomic mass is 16.5. The molecule has 0 bridgehead atoms. The molecule has 2 fully saturated rings. The molecule has 31 heavy (non-hydrogen) atoms. The Hall–Kier alpha value is -2.37. The number of ether oxygens (including phenoxy) is 1. The Labute approximate surface area is 185 Å². The molecule has 1 atom stereocenters. The standard InChI is InChI=1S/C26H34N2O3/c29-17-18-31-23-10-8-22(9-11-23)20-28-15-12-26(13-16-28)19-24(26)25(30)27-14-4-7-21-5-2-1-3-6-21/h1-3,5-6,8-11,24,29H,4,7,12-20H2,(H,27,30)/t24-/m0/s1. The van der Waals surface area contributed by atoms with Gasteiger partial charge < -0.3 is 15.2 Å². The summed E-state index contributed by atoms with van der Waals surface area (Å²) in [6, 6.07) is 18.6. The summed E-state index contributed by atoms with van der Waals surface area (Å²) in [5, 5.41) is 12.0. The lowest BCUT2D eigenvalue weighted by molar-refractivity contribution is -0.123. The average molecular weight is 423 g/mol. The SMILES string of the molecule is O=C(NCCCc1ccccc1)[C@@H]1CC12CCN(Cc1ccc(OCCO)cc1)CC2. The van der Waals surface area contributed by atoms with E-state index in [1.54, 1.807) is 0 Å². The molecule has 5 heteroatoms. The maximum Gasteiger partial charge on any atom is 0.223 e. The molecule has 2 aliphatic rings. The topological polar surface area (TPSA) is 61.8 Å². The molecule has 1 amide bonds. The van der Waals surface area contributed by atoms with E-state index in [4.69, 9.17) is 9.84 Å². The van der Waals surface area contributed by atoms with Crippen molar-refractivity contribution < 1.29 is 14.6 Å². The maximum atomic E-state index is 12.6. The second kappa shape index (κ2) is 10.3. The minimum atomic E-state index is 0.0317. The average Bonchev–Trinajstić information content (AvgIpc) is 3.52. The van der Waals surface area contributed by atoms with Gasteiger partial charge in [-0.05, 0) is 73.9 Å². The number of aliphatic hydroxyl groups is 1. The van der Waals surface area contributed by atoms with E-state index in [9.17, 15) is 4.79 Å². The van der Waals surface area contributed by atoms with Crippen molar-refractivity contribution in [2.45, 2.75) is 38.6 Å². The zero-order chi connectivity index (χ0) is 21.5. The Balaban J connectivity index is 1.15. The van der Waals surface area contributed by atoms with E-state index >= 15 is 0 Å². The van der Waals surface area contributed by atoms with Crippen LogP contribution in [0.5, 0.6) is 5.75 Å². The van der Waals surface area contributed by atoms with Gasteiger partial charge in [-0.2, -0.15) is 0 Å². The molecule has 1 spiro atoms. The van der Waals surface area contributed by atoms with Crippen molar-refractivity contribution in [3.63, 3.8) is 0 Å². The summed E-state index contributed by atoms with van der Waals surface area (Å²) in [4.78, 5) is 15.1. The van der Waals surface area contributed by atoms with Gasteiger partial charge in [0, 0.05) is 19.0 Å². The number of nitrogens with one attached hydrogen (secondary N) is 1. The molecule has 166 valence electrons. The number of aryl methyl sites for hydroxylation is 1. The summed E-state index contributed by atoms with van der Waals surface area (Å²) in [6.45, 7) is 4.18. The number of carbonyl (C=O) groups excluding carboxylic acids is 1. The van der Waals surface area contributed by atoms with Crippen LogP contribution in [0.25, 0.3) is 0 Å². The molecule has 1 aliphatic heterocycles. The second-order valence-electron chi connectivity index (χ2n) is 8.99. The fraction of sp³-hybridized carbons (Fsp3) is 0.500. The number of benzene rings is 2. The van der Waals surface area contributed by atoms with Gasteiger partial charge in [-0.15, -0.1) is 0 Å². The number of rotatable bonds is 10. The van der Waals surface area contributed by atoms with Crippen molar-refractivity contribution in [3.8, 4) is 5.75 Å². The van der Waals surface area contributed by atoms with Crippen LogP contribution in [-0.4, -0.2) is 48.8 Å². The van der Waals surface area contributed by atoms with Crippen LogP contribution < -0.4 is 10.1 Å². The Morgan fingerprint density at radius 1 is 1.06 bits per heavy atom. The molecule has 2 aromatic rings. The largest absolute Gasteiger partial charge is 0.491 e. The summed E-state index contributed by atoms with van der Waals surface area (Å²) < 4.78 is 5.43. The fourth-order valence-electron chi connectivity index (χ4n) is 4.81. The van der Waals surface area contributed by atoms with Crippen LogP contribution >= 0.6 is 0 Å². The van der Waals surface area contributed by atoms with Gasteiger partial charge in [0.15, 0.2) is 0 Å². The zero-order valence-corrected chi connectivity index (χ0v) is 18.3. The highest BCUT2D eigenvalue weighted by Gasteiger charge is 2.58. The van der Waals surface area contributed by atoms with Gasteiger partial charge in [-0.1, -0.05) is 42.5 Å². The summed E-state index contributed by atoms with van der Waals surface area (Å²) in [5.41, 5.74) is 2.86. The van der Waals surface area contributed by atoms with Gasteiger partial charge in [0.25, 0.3) is 0 Å². The molecule has 0 radical (unpaired) electrons. The summed E-state index contributed by atoms with van der Waals surface area (Å²) >= 11 is 0. The van der Waals surface area contributed by atoms with Crippen LogP contribution in [-0.2, 0) is 17.8 Å². The van der Waals surface area contributed by atoms with E-state index < -0.39 is 0 Å². The molecular formula is C26H34N2O3. The van der Waals surface area contributed by atoms with E-state index in [0.29, 0.717) is 6.61 Å². The molecule has 0 unspecified atom stereocenters. The predicted molar refractivity (Wildman–Crippen MR) is 122 cm³/mol. The van der Waals surface area contributed by atoms with E-state index in [1.807, 2.05) is 18.2 Å². The predicted octanol–water partition coefficient (Wildman–Crippen LogP) is 3.41. The van der Waals surface area contributed by atoms with E-state index in [0.717, 1.165) is 64.0 Å². The summed E-state index contributed by atoms with van der Waals surface area (Å²) in [7, 11) is 0. The minimum absolute atomic E-state index is 0.0317. The smallest absolute Gasteiger partial charge is 0.223 e. The Kier molecular flexibility index (Phi) is 7.25. The Bertz CT molecular complexity index is 829. The third kappa shape index (κ3) is 5.86. The lowest BCUT2D eigenvalue weighted by Gasteiger charge is -2.32. The number of carbonyl (C=O) groups is 1. The van der Waals surface area contributed by atoms with Crippen molar-refractivity contribution in [1.29, 1.82) is 0 Å². The highest BCUT2D eigenvalue weighted by molar-refractivity contribution is 5.82. The summed E-state index contributed by atoms with van der Waals surface area (Å²) in [5.74, 6) is 1.28. The normalized spacial score (nSPS) is 19.8. The third-order valence-corrected chi connectivity index (χ3v) is 6.83. The van der Waals surface area contributed by atoms with Crippen molar-refractivity contribution in [1.82, 2.24) is 10.2 Å². The van der Waals surface area contributed by atoms with E-state index in [2.05, 4.69) is 46.6 Å². The number of nitrogens with zero attached hydrogens (tertiary/aromatic N) is 1. The van der Waals surface area contributed by atoms with Gasteiger partial charge in [-0.25, -0.2) is 0 Å². The first-order valence-electron chi connectivity index (χ1n) is 11.6. The third-order valence-electron chi connectivity index (χ3n) is 6.83. The number of aliphatic hydroxyl groups excluding tert-OH is 1. The highest BCUT2D eigenvalue weighted by Crippen LogP contribution is 2.59. The van der Waals surface area contributed by atoms with Crippen molar-refractivity contribution >= 4 is 5.91 Å². The molecule has 1 saturated heterocycles. The molecule has 2 N–H and O–H groups in total. The lowest BCUT2D eigenvalue weighted by Crippen LogP contribution is -2.37. The number of hydrogen-bond acceptors (Lipinski definition) is 4. The first-order chi connectivity index (χ1) is 15.2. The molecular weight excluding hydrogens is 388 g/mol. The van der Waals surface area contributed by atoms with Gasteiger partial charge in [0.1, 0.15) is 12.4 Å². The van der Waals surface area contributed by atoms with Gasteiger partial charge in [0.05, 0.1) is 6.61 Å². The van der Waals surface area contributed by atoms with E-state index in [1.165, 1.54) is 11.1 Å². The van der Waals surface area contributed by atoms with Crippen LogP contribution in [0, 0.1) is 11.3 Å². The number of piperidine rings is 1. The quantitative estimate of drug-likeness (QED) is 0.576. The Morgan fingerprint density at radius 3 is 2.52 bits per heavy atom. The van der Waals surface area contributed by atoms with Crippen molar-refractivity contribution in [3.05, 3.63) is 65.7 Å². The fourth-order valence-corrected chi connectivity index (χ4v) is 4.81. The zero-order valence-electron chi connectivity index (χ0n) is 18.3. The first kappa shape index (κ1) is 21.8. The second-order valence-corrected chi connectivity index (χ2v) is 8.99. The van der Waals surface area contributed by atoms with Gasteiger partial charge >= 0.3 is 0 Å². The first-order valence-corrected chi connectivity index (χ1v) is 11.6. The number of likely N-dealkylation sites (tertiary alicyclic amines) is 1. The Morgan fingerprint density at radius 2 is 1.81 bits per heavy atom. The van der Waals surface area contributed by atoms with Gasteiger partial charge in [0.2, 0.25) is 5.91 Å². The number of amides is 1. The van der Waals surface area contributed by atoms with Gasteiger partial charge in [-0.3, -0.25) is 9.69 Å². The van der Waals surface area contributed by atoms with Crippen LogP contribution in [0.3, 0.4) is 0 Å². The molecule has 0 aromatic heterocycles. The van der Waals surface area contributed by atoms with Crippen LogP contribution in [0.15, 0.2) is 54.6 Å². The molecule has 4 rings (SSSR count). The summed E-state index contributed by atoms with van der Waals surface area (Å²) in [6.07, 6.45) is 5.30. The van der Waals surface area contributed by atoms with Crippen molar-refractivity contribution in [2.75, 3.05) is 32.8 Å². The molecule has 1 heterocycles. The maximum absolute atomic E-state index is 12.6.